The molecule has 1 aromatic rings. The first-order chi connectivity index (χ1) is 7.24. The van der Waals surface area contributed by atoms with Gasteiger partial charge in [-0.2, -0.15) is 0 Å². The smallest absolute Gasteiger partial charge is 0.224 e. The van der Waals surface area contributed by atoms with E-state index >= 15 is 0 Å². The van der Waals surface area contributed by atoms with Crippen LogP contribution in [0.2, 0.25) is 5.15 Å². The summed E-state index contributed by atoms with van der Waals surface area (Å²) in [5.41, 5.74) is 0.572. The third-order valence-corrected chi connectivity index (χ3v) is 2.68. The average Bonchev–Trinajstić information content (AvgIpc) is 2.22. The number of carbonyl (C=O) groups excluding carboxylic acids is 1. The topological polar surface area (TPSA) is 42.0 Å². The molecule has 0 aliphatic heterocycles. The van der Waals surface area contributed by atoms with E-state index in [1.807, 2.05) is 0 Å². The number of aromatic nitrogens is 1. The van der Waals surface area contributed by atoms with Gasteiger partial charge in [0.05, 0.1) is 5.69 Å². The summed E-state index contributed by atoms with van der Waals surface area (Å²) in [6.07, 6.45) is 3.96. The number of nitrogens with zero attached hydrogens (tertiary/aromatic N) is 1. The Kier molecular flexibility index (Phi) is 5.65. The van der Waals surface area contributed by atoms with Crippen molar-refractivity contribution in [2.45, 2.75) is 19.3 Å². The van der Waals surface area contributed by atoms with E-state index in [1.165, 1.54) is 0 Å². The summed E-state index contributed by atoms with van der Waals surface area (Å²) >= 11 is 9.11. The fourth-order valence-electron chi connectivity index (χ4n) is 1.07. The van der Waals surface area contributed by atoms with E-state index in [-0.39, 0.29) is 5.91 Å². The summed E-state index contributed by atoms with van der Waals surface area (Å²) in [5, 5.41) is 3.97. The molecule has 0 aromatic carbocycles. The van der Waals surface area contributed by atoms with Gasteiger partial charge in [0.2, 0.25) is 5.91 Å². The number of unbranched alkanes of at least 4 members (excludes halogenated alkanes) is 1. The molecule has 0 aliphatic rings. The number of pyridine rings is 1. The van der Waals surface area contributed by atoms with Crippen LogP contribution in [0.4, 0.5) is 5.69 Å². The van der Waals surface area contributed by atoms with Crippen LogP contribution < -0.4 is 5.32 Å². The van der Waals surface area contributed by atoms with Crippen molar-refractivity contribution in [3.8, 4) is 0 Å². The highest BCUT2D eigenvalue weighted by Gasteiger charge is 2.05. The lowest BCUT2D eigenvalue weighted by Gasteiger charge is -2.05. The van der Waals surface area contributed by atoms with Crippen molar-refractivity contribution in [2.24, 2.45) is 0 Å². The van der Waals surface area contributed by atoms with E-state index in [2.05, 4.69) is 26.2 Å². The van der Waals surface area contributed by atoms with E-state index in [9.17, 15) is 4.79 Å². The molecule has 15 heavy (non-hydrogen) atoms. The molecule has 0 aliphatic carbocycles. The molecule has 1 N–H and O–H groups in total. The second-order valence-electron chi connectivity index (χ2n) is 3.04. The van der Waals surface area contributed by atoms with Crippen molar-refractivity contribution in [2.75, 3.05) is 10.6 Å². The van der Waals surface area contributed by atoms with Crippen molar-refractivity contribution in [3.05, 3.63) is 23.5 Å². The van der Waals surface area contributed by atoms with Crippen LogP contribution in [-0.4, -0.2) is 16.2 Å². The highest BCUT2D eigenvalue weighted by molar-refractivity contribution is 9.09. The zero-order chi connectivity index (χ0) is 11.1. The van der Waals surface area contributed by atoms with Gasteiger partial charge in [0.25, 0.3) is 0 Å². The van der Waals surface area contributed by atoms with Crippen LogP contribution >= 0.6 is 27.5 Å². The van der Waals surface area contributed by atoms with Gasteiger partial charge in [-0.1, -0.05) is 27.5 Å². The third kappa shape index (κ3) is 4.62. The Balaban J connectivity index is 2.41. The molecule has 1 rings (SSSR count). The Morgan fingerprint density at radius 3 is 3.00 bits per heavy atom. The molecule has 0 saturated heterocycles. The average molecular weight is 292 g/mol. The standard InChI is InChI=1S/C10H12BrClN2O/c11-6-2-1-5-9(15)14-8-4-3-7-13-10(8)12/h3-4,7H,1-2,5-6H2,(H,14,15). The molecule has 3 nitrogen and oxygen atoms in total. The number of alkyl halides is 1. The number of nitrogens with one attached hydrogen (secondary N) is 1. The first-order valence-electron chi connectivity index (χ1n) is 4.70. The van der Waals surface area contributed by atoms with Crippen LogP contribution in [0.5, 0.6) is 0 Å². The molecular weight excluding hydrogens is 279 g/mol. The monoisotopic (exact) mass is 290 g/mol. The van der Waals surface area contributed by atoms with E-state index in [0.717, 1.165) is 18.2 Å². The quantitative estimate of drug-likeness (QED) is 0.514. The number of hydrogen-bond acceptors (Lipinski definition) is 2. The lowest BCUT2D eigenvalue weighted by molar-refractivity contribution is -0.116. The molecule has 0 bridgehead atoms. The number of anilines is 1. The zero-order valence-electron chi connectivity index (χ0n) is 8.17. The molecule has 0 unspecified atom stereocenters. The summed E-state index contributed by atoms with van der Waals surface area (Å²) in [4.78, 5) is 15.3. The molecule has 5 heteroatoms. The molecule has 0 radical (unpaired) electrons. The predicted octanol–water partition coefficient (Wildman–Crippen LogP) is 3.24. The fourth-order valence-corrected chi connectivity index (χ4v) is 1.64. The lowest BCUT2D eigenvalue weighted by atomic mass is 10.2. The minimum absolute atomic E-state index is 0.0224. The van der Waals surface area contributed by atoms with Crippen LogP contribution in [0.15, 0.2) is 18.3 Å². The minimum atomic E-state index is -0.0224. The number of halogens is 2. The highest BCUT2D eigenvalue weighted by atomic mass is 79.9. The van der Waals surface area contributed by atoms with E-state index in [0.29, 0.717) is 17.3 Å². The van der Waals surface area contributed by atoms with Gasteiger partial charge in [-0.15, -0.1) is 0 Å². The number of rotatable bonds is 5. The lowest BCUT2D eigenvalue weighted by Crippen LogP contribution is -2.11. The second-order valence-corrected chi connectivity index (χ2v) is 4.19. The largest absolute Gasteiger partial charge is 0.323 e. The maximum absolute atomic E-state index is 11.4. The molecule has 0 spiro atoms. The van der Waals surface area contributed by atoms with E-state index < -0.39 is 0 Å². The number of amides is 1. The van der Waals surface area contributed by atoms with Gasteiger partial charge in [0.1, 0.15) is 0 Å². The fraction of sp³-hybridized carbons (Fsp3) is 0.400. The maximum Gasteiger partial charge on any atom is 0.224 e. The molecule has 1 amide bonds. The van der Waals surface area contributed by atoms with E-state index in [1.54, 1.807) is 18.3 Å². The molecule has 82 valence electrons. The molecule has 0 fully saturated rings. The van der Waals surface area contributed by atoms with Crippen LogP contribution in [0.25, 0.3) is 0 Å². The van der Waals surface area contributed by atoms with Crippen LogP contribution in [-0.2, 0) is 4.79 Å². The summed E-state index contributed by atoms with van der Waals surface area (Å²) in [5.74, 6) is -0.0224. The summed E-state index contributed by atoms with van der Waals surface area (Å²) in [6.45, 7) is 0. The SMILES string of the molecule is O=C(CCCCBr)Nc1cccnc1Cl. The summed E-state index contributed by atoms with van der Waals surface area (Å²) in [6, 6.07) is 3.47. The van der Waals surface area contributed by atoms with Gasteiger partial charge in [-0.25, -0.2) is 4.98 Å². The van der Waals surface area contributed by atoms with Gasteiger partial charge in [-0.3, -0.25) is 4.79 Å². The van der Waals surface area contributed by atoms with Crippen molar-refractivity contribution in [1.82, 2.24) is 4.98 Å². The Morgan fingerprint density at radius 1 is 1.53 bits per heavy atom. The number of carbonyl (C=O) groups is 1. The molecule has 1 heterocycles. The first kappa shape index (κ1) is 12.5. The summed E-state index contributed by atoms with van der Waals surface area (Å²) < 4.78 is 0. The van der Waals surface area contributed by atoms with Gasteiger partial charge in [0, 0.05) is 17.9 Å². The Bertz CT molecular complexity index is 333. The minimum Gasteiger partial charge on any atom is -0.323 e. The van der Waals surface area contributed by atoms with Gasteiger partial charge in [-0.05, 0) is 25.0 Å². The maximum atomic E-state index is 11.4. The van der Waals surface area contributed by atoms with E-state index in [4.69, 9.17) is 11.6 Å². The Labute approximate surface area is 102 Å². The molecule has 0 saturated carbocycles. The second kappa shape index (κ2) is 6.80. The van der Waals surface area contributed by atoms with Crippen molar-refractivity contribution >= 4 is 39.1 Å². The summed E-state index contributed by atoms with van der Waals surface area (Å²) in [7, 11) is 0. The normalized spacial score (nSPS) is 10.0. The van der Waals surface area contributed by atoms with Crippen molar-refractivity contribution < 1.29 is 4.79 Å². The number of hydrogen-bond donors (Lipinski definition) is 1. The predicted molar refractivity (Wildman–Crippen MR) is 65.5 cm³/mol. The molecule has 1 aromatic heterocycles. The van der Waals surface area contributed by atoms with Crippen molar-refractivity contribution in [3.63, 3.8) is 0 Å². The van der Waals surface area contributed by atoms with Crippen molar-refractivity contribution in [1.29, 1.82) is 0 Å². The third-order valence-electron chi connectivity index (χ3n) is 1.82. The zero-order valence-corrected chi connectivity index (χ0v) is 10.5. The Hall–Kier alpha value is -0.610. The van der Waals surface area contributed by atoms with Crippen LogP contribution in [0.3, 0.4) is 0 Å². The Morgan fingerprint density at radius 2 is 2.33 bits per heavy atom. The van der Waals surface area contributed by atoms with Crippen LogP contribution in [0.1, 0.15) is 19.3 Å². The first-order valence-corrected chi connectivity index (χ1v) is 6.20. The molecular formula is C10H12BrClN2O. The molecule has 0 atom stereocenters. The van der Waals surface area contributed by atoms with Crippen LogP contribution in [0, 0.1) is 0 Å². The van der Waals surface area contributed by atoms with Gasteiger partial charge < -0.3 is 5.32 Å². The van der Waals surface area contributed by atoms with Gasteiger partial charge in [0.15, 0.2) is 5.15 Å². The highest BCUT2D eigenvalue weighted by Crippen LogP contribution is 2.17. The van der Waals surface area contributed by atoms with Gasteiger partial charge >= 0.3 is 0 Å².